The van der Waals surface area contributed by atoms with Crippen molar-refractivity contribution in [3.63, 3.8) is 0 Å². The molecular formula is C18H15ClN2O2. The van der Waals surface area contributed by atoms with Crippen LogP contribution < -0.4 is 10.1 Å². The summed E-state index contributed by atoms with van der Waals surface area (Å²) in [7, 11) is 1.59. The minimum Gasteiger partial charge on any atom is -0.497 e. The number of amides is 1. The van der Waals surface area contributed by atoms with E-state index < -0.39 is 5.91 Å². The molecule has 0 aliphatic rings. The number of carbonyl (C=O) groups excluding carboxylic acids is 1. The molecule has 5 heteroatoms. The minimum atomic E-state index is -0.481. The van der Waals surface area contributed by atoms with E-state index >= 15 is 0 Å². The summed E-state index contributed by atoms with van der Waals surface area (Å²) < 4.78 is 5.14. The van der Waals surface area contributed by atoms with Crippen LogP contribution in [0.1, 0.15) is 11.1 Å². The van der Waals surface area contributed by atoms with Crippen LogP contribution in [-0.2, 0) is 4.79 Å². The number of rotatable bonds is 4. The standard InChI is InChI=1S/C18H15ClN2O2/c1-12-8-17(23-2)7-6-13(12)9-14(11-20)18(22)21-16-5-3-4-15(19)10-16/h3-10H,1-2H3,(H,21,22)/b14-9+. The highest BCUT2D eigenvalue weighted by molar-refractivity contribution is 6.31. The molecule has 23 heavy (non-hydrogen) atoms. The summed E-state index contributed by atoms with van der Waals surface area (Å²) in [4.78, 5) is 12.2. The number of anilines is 1. The van der Waals surface area contributed by atoms with Crippen LogP contribution in [0.5, 0.6) is 5.75 Å². The number of nitriles is 1. The van der Waals surface area contributed by atoms with E-state index in [-0.39, 0.29) is 5.57 Å². The normalized spacial score (nSPS) is 10.8. The van der Waals surface area contributed by atoms with Crippen molar-refractivity contribution in [3.8, 4) is 11.8 Å². The molecule has 1 N–H and O–H groups in total. The van der Waals surface area contributed by atoms with Crippen LogP contribution in [0, 0.1) is 18.3 Å². The molecule has 1 amide bonds. The Kier molecular flexibility index (Phi) is 5.40. The van der Waals surface area contributed by atoms with Crippen LogP contribution in [0.3, 0.4) is 0 Å². The summed E-state index contributed by atoms with van der Waals surface area (Å²) in [5, 5.41) is 12.4. The average Bonchev–Trinajstić information content (AvgIpc) is 2.53. The molecular weight excluding hydrogens is 312 g/mol. The van der Waals surface area contributed by atoms with E-state index in [1.165, 1.54) is 0 Å². The van der Waals surface area contributed by atoms with Crippen molar-refractivity contribution in [2.75, 3.05) is 12.4 Å². The number of carbonyl (C=O) groups is 1. The molecule has 4 nitrogen and oxygen atoms in total. The fourth-order valence-electron chi connectivity index (χ4n) is 2.01. The molecule has 2 aromatic rings. The molecule has 0 saturated heterocycles. The van der Waals surface area contributed by atoms with Gasteiger partial charge in [-0.05, 0) is 54.5 Å². The summed E-state index contributed by atoms with van der Waals surface area (Å²) in [5.74, 6) is 0.242. The zero-order valence-electron chi connectivity index (χ0n) is 12.8. The number of methoxy groups -OCH3 is 1. The molecule has 0 aliphatic carbocycles. The molecule has 0 bridgehead atoms. The van der Waals surface area contributed by atoms with Gasteiger partial charge < -0.3 is 10.1 Å². The third kappa shape index (κ3) is 4.35. The highest BCUT2D eigenvalue weighted by Gasteiger charge is 2.10. The summed E-state index contributed by atoms with van der Waals surface area (Å²) in [6.45, 7) is 1.89. The highest BCUT2D eigenvalue weighted by atomic mass is 35.5. The van der Waals surface area contributed by atoms with E-state index in [2.05, 4.69) is 5.32 Å². The van der Waals surface area contributed by atoms with Crippen LogP contribution in [0.4, 0.5) is 5.69 Å². The second-order valence-electron chi connectivity index (χ2n) is 4.86. The number of ether oxygens (including phenoxy) is 1. The van der Waals surface area contributed by atoms with Gasteiger partial charge in [-0.1, -0.05) is 23.7 Å². The van der Waals surface area contributed by atoms with Gasteiger partial charge in [0.05, 0.1) is 7.11 Å². The summed E-state index contributed by atoms with van der Waals surface area (Å²) in [6, 6.07) is 14.1. The maximum Gasteiger partial charge on any atom is 0.266 e. The first-order valence-electron chi connectivity index (χ1n) is 6.87. The van der Waals surface area contributed by atoms with E-state index in [4.69, 9.17) is 16.3 Å². The average molecular weight is 327 g/mol. The smallest absolute Gasteiger partial charge is 0.266 e. The molecule has 0 radical (unpaired) electrons. The number of hydrogen-bond donors (Lipinski definition) is 1. The van der Waals surface area contributed by atoms with Gasteiger partial charge in [0.2, 0.25) is 0 Å². The Hall–Kier alpha value is -2.77. The predicted molar refractivity (Wildman–Crippen MR) is 91.4 cm³/mol. The van der Waals surface area contributed by atoms with E-state index in [1.54, 1.807) is 49.6 Å². The van der Waals surface area contributed by atoms with E-state index in [0.29, 0.717) is 10.7 Å². The Morgan fingerprint density at radius 1 is 1.30 bits per heavy atom. The van der Waals surface area contributed by atoms with Crippen molar-refractivity contribution >= 4 is 29.3 Å². The molecule has 2 aromatic carbocycles. The largest absolute Gasteiger partial charge is 0.497 e. The first-order chi connectivity index (χ1) is 11.0. The molecule has 0 atom stereocenters. The number of nitrogens with one attached hydrogen (secondary N) is 1. The zero-order chi connectivity index (χ0) is 16.8. The van der Waals surface area contributed by atoms with Crippen molar-refractivity contribution in [2.24, 2.45) is 0 Å². The molecule has 0 aromatic heterocycles. The molecule has 2 rings (SSSR count). The first-order valence-corrected chi connectivity index (χ1v) is 7.24. The van der Waals surface area contributed by atoms with Gasteiger partial charge in [-0.25, -0.2) is 0 Å². The number of benzene rings is 2. The van der Waals surface area contributed by atoms with Crippen molar-refractivity contribution in [3.05, 3.63) is 64.2 Å². The second kappa shape index (κ2) is 7.48. The first kappa shape index (κ1) is 16.6. The van der Waals surface area contributed by atoms with Crippen LogP contribution in [-0.4, -0.2) is 13.0 Å². The van der Waals surface area contributed by atoms with Gasteiger partial charge in [0, 0.05) is 10.7 Å². The Balaban J connectivity index is 2.25. The van der Waals surface area contributed by atoms with E-state index in [9.17, 15) is 10.1 Å². The van der Waals surface area contributed by atoms with Crippen molar-refractivity contribution in [1.82, 2.24) is 0 Å². The molecule has 116 valence electrons. The van der Waals surface area contributed by atoms with Crippen molar-refractivity contribution < 1.29 is 9.53 Å². The Morgan fingerprint density at radius 2 is 2.09 bits per heavy atom. The number of aryl methyl sites for hydroxylation is 1. The molecule has 0 aliphatic heterocycles. The SMILES string of the molecule is COc1ccc(/C=C(\C#N)C(=O)Nc2cccc(Cl)c2)c(C)c1. The van der Waals surface area contributed by atoms with Gasteiger partial charge in [-0.15, -0.1) is 0 Å². The lowest BCUT2D eigenvalue weighted by atomic mass is 10.1. The highest BCUT2D eigenvalue weighted by Crippen LogP contribution is 2.20. The van der Waals surface area contributed by atoms with Gasteiger partial charge in [0.15, 0.2) is 0 Å². The maximum absolute atomic E-state index is 12.2. The summed E-state index contributed by atoms with van der Waals surface area (Å²) >= 11 is 5.88. The van der Waals surface area contributed by atoms with E-state index in [1.807, 2.05) is 19.1 Å². The fourth-order valence-corrected chi connectivity index (χ4v) is 2.20. The minimum absolute atomic E-state index is 0.0123. The lowest BCUT2D eigenvalue weighted by Crippen LogP contribution is -2.13. The van der Waals surface area contributed by atoms with Gasteiger partial charge in [-0.3, -0.25) is 4.79 Å². The van der Waals surface area contributed by atoms with Crippen LogP contribution >= 0.6 is 11.6 Å². The van der Waals surface area contributed by atoms with Gasteiger partial charge >= 0.3 is 0 Å². The molecule has 0 spiro atoms. The van der Waals surface area contributed by atoms with Crippen LogP contribution in [0.2, 0.25) is 5.02 Å². The maximum atomic E-state index is 12.2. The number of nitrogens with zero attached hydrogens (tertiary/aromatic N) is 1. The number of hydrogen-bond acceptors (Lipinski definition) is 3. The second-order valence-corrected chi connectivity index (χ2v) is 5.29. The van der Waals surface area contributed by atoms with Gasteiger partial charge in [0.25, 0.3) is 5.91 Å². The molecule has 0 saturated carbocycles. The topological polar surface area (TPSA) is 62.1 Å². The monoisotopic (exact) mass is 326 g/mol. The fraction of sp³-hybridized carbons (Fsp3) is 0.111. The number of halogens is 1. The molecule has 0 unspecified atom stereocenters. The third-order valence-electron chi connectivity index (χ3n) is 3.22. The Labute approximate surface area is 140 Å². The van der Waals surface area contributed by atoms with Crippen molar-refractivity contribution in [1.29, 1.82) is 5.26 Å². The summed E-state index contributed by atoms with van der Waals surface area (Å²) in [6.07, 6.45) is 1.55. The quantitative estimate of drug-likeness (QED) is 0.676. The van der Waals surface area contributed by atoms with Gasteiger partial charge in [0.1, 0.15) is 17.4 Å². The lowest BCUT2D eigenvalue weighted by molar-refractivity contribution is -0.112. The lowest BCUT2D eigenvalue weighted by Gasteiger charge is -2.07. The zero-order valence-corrected chi connectivity index (χ0v) is 13.5. The van der Waals surface area contributed by atoms with Crippen LogP contribution in [0.15, 0.2) is 48.0 Å². The van der Waals surface area contributed by atoms with E-state index in [0.717, 1.165) is 16.9 Å². The Morgan fingerprint density at radius 3 is 2.70 bits per heavy atom. The third-order valence-corrected chi connectivity index (χ3v) is 3.46. The van der Waals surface area contributed by atoms with Crippen LogP contribution in [0.25, 0.3) is 6.08 Å². The molecule has 0 fully saturated rings. The van der Waals surface area contributed by atoms with Gasteiger partial charge in [-0.2, -0.15) is 5.26 Å². The van der Waals surface area contributed by atoms with Crippen molar-refractivity contribution in [2.45, 2.75) is 6.92 Å². The Bertz CT molecular complexity index is 807. The predicted octanol–water partition coefficient (Wildman–Crippen LogP) is 4.20. The summed E-state index contributed by atoms with van der Waals surface area (Å²) in [5.41, 5.74) is 2.24. The molecule has 0 heterocycles.